The molecule has 2 N–H and O–H groups in total. The van der Waals surface area contributed by atoms with Crippen molar-refractivity contribution in [2.24, 2.45) is 5.73 Å². The van der Waals surface area contributed by atoms with E-state index in [1.807, 2.05) is 0 Å². The van der Waals surface area contributed by atoms with Gasteiger partial charge in [-0.05, 0) is 17.7 Å². The van der Waals surface area contributed by atoms with Gasteiger partial charge in [0.25, 0.3) is 0 Å². The topological polar surface area (TPSA) is 52.3 Å². The van der Waals surface area contributed by atoms with E-state index in [2.05, 4.69) is 4.74 Å². The van der Waals surface area contributed by atoms with Gasteiger partial charge in [-0.3, -0.25) is 4.79 Å². The van der Waals surface area contributed by atoms with Gasteiger partial charge in [0.2, 0.25) is 5.91 Å². The van der Waals surface area contributed by atoms with Gasteiger partial charge in [-0.2, -0.15) is 8.78 Å². The van der Waals surface area contributed by atoms with Crippen molar-refractivity contribution in [1.82, 2.24) is 0 Å². The van der Waals surface area contributed by atoms with E-state index in [1.54, 1.807) is 12.1 Å². The average Bonchev–Trinajstić information content (AvgIpc) is 2.27. The molecule has 1 rings (SSSR count). The van der Waals surface area contributed by atoms with Crippen LogP contribution in [0.4, 0.5) is 8.78 Å². The number of primary amides is 1. The van der Waals surface area contributed by atoms with Crippen LogP contribution in [-0.2, 0) is 11.3 Å². The standard InChI is InChI=1S/C11H13F2NO2/c1-2-11(12,13)16-7-8-4-3-5-9(6-8)10(14)15/h3-6H,2,7H2,1H3,(H2,14,15). The Morgan fingerprint density at radius 3 is 2.75 bits per heavy atom. The predicted molar refractivity (Wildman–Crippen MR) is 55.0 cm³/mol. The third-order valence-electron chi connectivity index (χ3n) is 2.07. The molecule has 0 aliphatic rings. The Hall–Kier alpha value is -1.49. The fourth-order valence-electron chi connectivity index (χ4n) is 1.11. The highest BCUT2D eigenvalue weighted by Gasteiger charge is 2.26. The van der Waals surface area contributed by atoms with Crippen molar-refractivity contribution in [3.8, 4) is 0 Å². The number of benzene rings is 1. The van der Waals surface area contributed by atoms with Crippen LogP contribution in [0.25, 0.3) is 0 Å². The first-order valence-corrected chi connectivity index (χ1v) is 4.85. The van der Waals surface area contributed by atoms with E-state index in [4.69, 9.17) is 5.73 Å². The minimum Gasteiger partial charge on any atom is -0.366 e. The van der Waals surface area contributed by atoms with Crippen LogP contribution >= 0.6 is 0 Å². The molecule has 0 radical (unpaired) electrons. The van der Waals surface area contributed by atoms with Crippen LogP contribution in [0.2, 0.25) is 0 Å². The van der Waals surface area contributed by atoms with Crippen molar-refractivity contribution in [3.05, 3.63) is 35.4 Å². The first kappa shape index (κ1) is 12.6. The lowest BCUT2D eigenvalue weighted by atomic mass is 10.1. The van der Waals surface area contributed by atoms with Gasteiger partial charge in [-0.25, -0.2) is 0 Å². The summed E-state index contributed by atoms with van der Waals surface area (Å²) in [5.74, 6) is -0.593. The van der Waals surface area contributed by atoms with Crippen molar-refractivity contribution in [2.75, 3.05) is 0 Å². The van der Waals surface area contributed by atoms with Crippen LogP contribution in [0, 0.1) is 0 Å². The smallest absolute Gasteiger partial charge is 0.355 e. The van der Waals surface area contributed by atoms with E-state index in [9.17, 15) is 13.6 Å². The Balaban J connectivity index is 2.68. The summed E-state index contributed by atoms with van der Waals surface area (Å²) >= 11 is 0. The summed E-state index contributed by atoms with van der Waals surface area (Å²) in [6.07, 6.45) is -3.52. The van der Waals surface area contributed by atoms with E-state index >= 15 is 0 Å². The number of hydrogen-bond acceptors (Lipinski definition) is 2. The van der Waals surface area contributed by atoms with Gasteiger partial charge >= 0.3 is 6.11 Å². The second-order valence-electron chi connectivity index (χ2n) is 3.34. The van der Waals surface area contributed by atoms with Crippen LogP contribution in [0.15, 0.2) is 24.3 Å². The third-order valence-corrected chi connectivity index (χ3v) is 2.07. The molecule has 0 spiro atoms. The normalized spacial score (nSPS) is 11.4. The first-order chi connectivity index (χ1) is 7.44. The van der Waals surface area contributed by atoms with Crippen molar-refractivity contribution in [3.63, 3.8) is 0 Å². The number of hydrogen-bond donors (Lipinski definition) is 1. The van der Waals surface area contributed by atoms with Crippen LogP contribution in [0.3, 0.4) is 0 Å². The van der Waals surface area contributed by atoms with Gasteiger partial charge in [0.05, 0.1) is 6.61 Å². The predicted octanol–water partition coefficient (Wildman–Crippen LogP) is 2.30. The summed E-state index contributed by atoms with van der Waals surface area (Å²) in [6.45, 7) is 1.09. The molecule has 0 heterocycles. The summed E-state index contributed by atoms with van der Waals surface area (Å²) in [5.41, 5.74) is 5.83. The molecule has 3 nitrogen and oxygen atoms in total. The number of nitrogens with two attached hydrogens (primary N) is 1. The fourth-order valence-corrected chi connectivity index (χ4v) is 1.11. The molecule has 0 fully saturated rings. The van der Waals surface area contributed by atoms with E-state index in [-0.39, 0.29) is 18.6 Å². The molecule has 0 unspecified atom stereocenters. The highest BCUT2D eigenvalue weighted by Crippen LogP contribution is 2.21. The van der Waals surface area contributed by atoms with Gasteiger partial charge in [-0.1, -0.05) is 19.1 Å². The van der Waals surface area contributed by atoms with Crippen molar-refractivity contribution in [2.45, 2.75) is 26.1 Å². The number of carbonyl (C=O) groups excluding carboxylic acids is 1. The second-order valence-corrected chi connectivity index (χ2v) is 3.34. The Morgan fingerprint density at radius 1 is 1.50 bits per heavy atom. The molecular weight excluding hydrogens is 216 g/mol. The molecule has 0 aliphatic carbocycles. The second kappa shape index (κ2) is 5.03. The van der Waals surface area contributed by atoms with E-state index in [1.165, 1.54) is 19.1 Å². The van der Waals surface area contributed by atoms with Crippen LogP contribution in [0.5, 0.6) is 0 Å². The molecular formula is C11H13F2NO2. The van der Waals surface area contributed by atoms with Gasteiger partial charge in [-0.15, -0.1) is 0 Å². The van der Waals surface area contributed by atoms with Gasteiger partial charge in [0.15, 0.2) is 0 Å². The Bertz CT molecular complexity index is 380. The Morgan fingerprint density at radius 2 is 2.19 bits per heavy atom. The van der Waals surface area contributed by atoms with Gasteiger partial charge < -0.3 is 10.5 Å². The highest BCUT2D eigenvalue weighted by molar-refractivity contribution is 5.92. The quantitative estimate of drug-likeness (QED) is 0.842. The summed E-state index contributed by atoms with van der Waals surface area (Å²) < 4.78 is 30.0. The molecule has 5 heteroatoms. The van der Waals surface area contributed by atoms with E-state index < -0.39 is 12.0 Å². The molecule has 0 saturated heterocycles. The maximum Gasteiger partial charge on any atom is 0.355 e. The number of rotatable bonds is 5. The van der Waals surface area contributed by atoms with Crippen LogP contribution < -0.4 is 5.73 Å². The molecule has 0 saturated carbocycles. The zero-order valence-electron chi connectivity index (χ0n) is 8.87. The summed E-state index contributed by atoms with van der Waals surface area (Å²) in [7, 11) is 0. The summed E-state index contributed by atoms with van der Waals surface area (Å²) in [6, 6.07) is 6.12. The molecule has 16 heavy (non-hydrogen) atoms. The van der Waals surface area contributed by atoms with E-state index in [0.717, 1.165) is 0 Å². The van der Waals surface area contributed by atoms with Crippen LogP contribution in [-0.4, -0.2) is 12.0 Å². The maximum atomic E-state index is 12.8. The minimum absolute atomic E-state index is 0.248. The molecule has 1 amide bonds. The molecule has 0 atom stereocenters. The number of ether oxygens (including phenoxy) is 1. The number of carbonyl (C=O) groups is 1. The Labute approximate surface area is 92.2 Å². The number of amides is 1. The fraction of sp³-hybridized carbons (Fsp3) is 0.364. The van der Waals surface area contributed by atoms with Gasteiger partial charge in [0.1, 0.15) is 0 Å². The Kier molecular flexibility index (Phi) is 3.95. The lowest BCUT2D eigenvalue weighted by Crippen LogP contribution is -2.19. The molecule has 0 bridgehead atoms. The summed E-state index contributed by atoms with van der Waals surface area (Å²) in [4.78, 5) is 10.8. The number of halogens is 2. The van der Waals surface area contributed by atoms with Crippen molar-refractivity contribution in [1.29, 1.82) is 0 Å². The largest absolute Gasteiger partial charge is 0.366 e. The summed E-state index contributed by atoms with van der Waals surface area (Å²) in [5, 5.41) is 0. The lowest BCUT2D eigenvalue weighted by molar-refractivity contribution is -0.246. The van der Waals surface area contributed by atoms with Crippen molar-refractivity contribution >= 4 is 5.91 Å². The molecule has 0 aliphatic heterocycles. The van der Waals surface area contributed by atoms with E-state index in [0.29, 0.717) is 5.56 Å². The third kappa shape index (κ3) is 3.58. The monoisotopic (exact) mass is 229 g/mol. The van der Waals surface area contributed by atoms with Crippen molar-refractivity contribution < 1.29 is 18.3 Å². The number of alkyl halides is 2. The lowest BCUT2D eigenvalue weighted by Gasteiger charge is -2.14. The minimum atomic E-state index is -3.14. The van der Waals surface area contributed by atoms with Gasteiger partial charge in [0, 0.05) is 12.0 Å². The zero-order chi connectivity index (χ0) is 12.2. The van der Waals surface area contributed by atoms with Crippen LogP contribution in [0.1, 0.15) is 29.3 Å². The first-order valence-electron chi connectivity index (χ1n) is 4.85. The molecule has 88 valence electrons. The molecule has 0 aromatic heterocycles. The average molecular weight is 229 g/mol. The SMILES string of the molecule is CCC(F)(F)OCc1cccc(C(N)=O)c1. The zero-order valence-corrected chi connectivity index (χ0v) is 8.87. The maximum absolute atomic E-state index is 12.8. The molecule has 1 aromatic carbocycles. The molecule has 1 aromatic rings. The highest BCUT2D eigenvalue weighted by atomic mass is 19.3.